The van der Waals surface area contributed by atoms with Crippen LogP contribution in [0.25, 0.3) is 0 Å². The number of likely N-dealkylation sites (N-methyl/N-ethyl adjacent to an activating group) is 1. The average Bonchev–Trinajstić information content (AvgIpc) is 3.25. The average molecular weight is 925 g/mol. The number of aliphatic hydroxyl groups excluding tert-OH is 2. The van der Waals surface area contributed by atoms with E-state index in [1.165, 1.54) is 161 Å². The van der Waals surface area contributed by atoms with Gasteiger partial charge in [-0.2, -0.15) is 0 Å². The van der Waals surface area contributed by atoms with Crippen molar-refractivity contribution in [3.05, 3.63) is 36.5 Å². The van der Waals surface area contributed by atoms with Crippen LogP contribution in [0.4, 0.5) is 0 Å². The summed E-state index contributed by atoms with van der Waals surface area (Å²) in [4.78, 5) is 25.5. The normalized spacial score (nSPS) is 14.8. The first-order chi connectivity index (χ1) is 30.9. The van der Waals surface area contributed by atoms with Crippen LogP contribution in [0.5, 0.6) is 0 Å². The van der Waals surface area contributed by atoms with Gasteiger partial charge in [0.1, 0.15) is 19.3 Å². The van der Waals surface area contributed by atoms with Gasteiger partial charge in [-0.1, -0.05) is 217 Å². The smallest absolute Gasteiger partial charge is 0.268 e. The van der Waals surface area contributed by atoms with Crippen molar-refractivity contribution >= 4 is 13.7 Å². The summed E-state index contributed by atoms with van der Waals surface area (Å²) in [5, 5.41) is 24.6. The van der Waals surface area contributed by atoms with Crippen molar-refractivity contribution in [1.29, 1.82) is 0 Å². The number of aliphatic hydroxyl groups is 2. The number of hydrogen-bond donors (Lipinski definition) is 3. The number of nitrogens with zero attached hydrogens (tertiary/aromatic N) is 1. The monoisotopic (exact) mass is 925 g/mol. The standard InChI is InChI=1S/C54H105N2O7P/c1-6-8-10-12-14-16-18-20-21-22-23-24-25-26-27-28-29-30-31-32-33-34-35-37-39-41-43-45-47-53(58)55-51(50-63-64(60,61)62-49-48-56(3,4)5)54(59)52(57)46-44-42-40-38-36-19-17-15-13-11-9-7-2/h7,9,15,17,38,40,51-52,54,57,59H,6,8,10-14,16,18-37,39,41-50H2,1-5H3,(H-,55,58,60,61)/b9-7+,17-15+,40-38+. The summed E-state index contributed by atoms with van der Waals surface area (Å²) in [7, 11) is 1.10. The highest BCUT2D eigenvalue weighted by Gasteiger charge is 2.29. The molecule has 0 rings (SSSR count). The molecule has 9 nitrogen and oxygen atoms in total. The third-order valence-corrected chi connectivity index (χ3v) is 13.2. The van der Waals surface area contributed by atoms with Gasteiger partial charge in [-0.05, 0) is 58.3 Å². The highest BCUT2D eigenvalue weighted by molar-refractivity contribution is 7.45. The highest BCUT2D eigenvalue weighted by atomic mass is 31.2. The van der Waals surface area contributed by atoms with Crippen LogP contribution in [0.1, 0.15) is 245 Å². The summed E-state index contributed by atoms with van der Waals surface area (Å²) in [6.45, 7) is 4.21. The Bertz CT molecular complexity index is 1160. The summed E-state index contributed by atoms with van der Waals surface area (Å²) in [5.41, 5.74) is 0. The second kappa shape index (κ2) is 45.5. The van der Waals surface area contributed by atoms with Crippen molar-refractivity contribution < 1.29 is 38.0 Å². The number of allylic oxidation sites excluding steroid dienone is 6. The van der Waals surface area contributed by atoms with Gasteiger partial charge in [-0.15, -0.1) is 0 Å². The zero-order valence-electron chi connectivity index (χ0n) is 42.6. The summed E-state index contributed by atoms with van der Waals surface area (Å²) < 4.78 is 23.2. The van der Waals surface area contributed by atoms with Crippen LogP contribution in [-0.2, 0) is 18.4 Å². The van der Waals surface area contributed by atoms with Gasteiger partial charge in [0.15, 0.2) is 0 Å². The van der Waals surface area contributed by atoms with Crippen LogP contribution in [0.3, 0.4) is 0 Å². The minimum absolute atomic E-state index is 0.0491. The van der Waals surface area contributed by atoms with E-state index in [1.807, 2.05) is 28.1 Å². The van der Waals surface area contributed by atoms with Gasteiger partial charge >= 0.3 is 0 Å². The number of carbonyl (C=O) groups is 1. The van der Waals surface area contributed by atoms with Gasteiger partial charge in [0, 0.05) is 6.42 Å². The molecule has 0 saturated carbocycles. The van der Waals surface area contributed by atoms with E-state index in [0.29, 0.717) is 30.3 Å². The van der Waals surface area contributed by atoms with Gasteiger partial charge in [0.25, 0.3) is 7.82 Å². The number of nitrogens with one attached hydrogen (secondary N) is 1. The topological polar surface area (TPSA) is 128 Å². The summed E-state index contributed by atoms with van der Waals surface area (Å²) in [5.74, 6) is -0.292. The lowest BCUT2D eigenvalue weighted by molar-refractivity contribution is -0.870. The van der Waals surface area contributed by atoms with Crippen LogP contribution in [0.2, 0.25) is 0 Å². The largest absolute Gasteiger partial charge is 0.756 e. The fraction of sp³-hybridized carbons (Fsp3) is 0.870. The van der Waals surface area contributed by atoms with Crippen LogP contribution in [0, 0.1) is 0 Å². The van der Waals surface area contributed by atoms with E-state index in [-0.39, 0.29) is 18.9 Å². The number of phosphoric acid groups is 1. The van der Waals surface area contributed by atoms with Crippen molar-refractivity contribution in [2.75, 3.05) is 40.9 Å². The number of phosphoric ester groups is 1. The van der Waals surface area contributed by atoms with E-state index in [2.05, 4.69) is 48.7 Å². The quantitative estimate of drug-likeness (QED) is 0.0240. The number of unbranched alkanes of at least 4 members (excludes halogenated alkanes) is 30. The molecule has 0 fully saturated rings. The number of carbonyl (C=O) groups excluding carboxylic acids is 1. The van der Waals surface area contributed by atoms with Crippen molar-refractivity contribution in [2.24, 2.45) is 0 Å². The Labute approximate surface area is 396 Å². The molecular formula is C54H105N2O7P. The number of quaternary nitrogens is 1. The van der Waals surface area contributed by atoms with E-state index < -0.39 is 32.7 Å². The van der Waals surface area contributed by atoms with Gasteiger partial charge in [-0.25, -0.2) is 0 Å². The molecule has 0 aromatic heterocycles. The first kappa shape index (κ1) is 62.7. The van der Waals surface area contributed by atoms with E-state index >= 15 is 0 Å². The molecule has 10 heteroatoms. The molecule has 0 bridgehead atoms. The molecule has 4 atom stereocenters. The first-order valence-electron chi connectivity index (χ1n) is 26.9. The predicted molar refractivity (Wildman–Crippen MR) is 271 cm³/mol. The number of hydrogen-bond acceptors (Lipinski definition) is 7. The lowest BCUT2D eigenvalue weighted by atomic mass is 10.0. The summed E-state index contributed by atoms with van der Waals surface area (Å²) in [6, 6.07) is -1.10. The third kappa shape index (κ3) is 45.8. The van der Waals surface area contributed by atoms with E-state index in [1.54, 1.807) is 0 Å². The Morgan fingerprint density at radius 1 is 0.578 bits per heavy atom. The Balaban J connectivity index is 4.17. The second-order valence-corrected chi connectivity index (χ2v) is 21.1. The molecule has 0 radical (unpaired) electrons. The Hall–Kier alpha value is -1.32. The molecule has 1 amide bonds. The Morgan fingerprint density at radius 3 is 1.34 bits per heavy atom. The summed E-state index contributed by atoms with van der Waals surface area (Å²) in [6.07, 6.45) is 53.8. The Morgan fingerprint density at radius 2 is 0.953 bits per heavy atom. The highest BCUT2D eigenvalue weighted by Crippen LogP contribution is 2.38. The number of amides is 1. The van der Waals surface area contributed by atoms with Crippen LogP contribution in [-0.4, -0.2) is 79.8 Å². The van der Waals surface area contributed by atoms with Gasteiger partial charge < -0.3 is 34.0 Å². The fourth-order valence-corrected chi connectivity index (χ4v) is 8.72. The molecule has 4 unspecified atom stereocenters. The summed E-state index contributed by atoms with van der Waals surface area (Å²) >= 11 is 0. The maximum absolute atomic E-state index is 13.0. The Kier molecular flexibility index (Phi) is 44.5. The van der Waals surface area contributed by atoms with E-state index in [0.717, 1.165) is 44.9 Å². The molecule has 0 aromatic rings. The lowest BCUT2D eigenvalue weighted by Crippen LogP contribution is -2.51. The molecule has 0 saturated heterocycles. The van der Waals surface area contributed by atoms with Crippen molar-refractivity contribution in [2.45, 2.75) is 263 Å². The molecule has 0 spiro atoms. The molecule has 0 heterocycles. The second-order valence-electron chi connectivity index (χ2n) is 19.7. The van der Waals surface area contributed by atoms with Crippen LogP contribution in [0.15, 0.2) is 36.5 Å². The van der Waals surface area contributed by atoms with Crippen LogP contribution >= 0.6 is 7.82 Å². The van der Waals surface area contributed by atoms with Gasteiger partial charge in [-0.3, -0.25) is 9.36 Å². The lowest BCUT2D eigenvalue weighted by Gasteiger charge is -2.31. The molecule has 0 aromatic carbocycles. The molecule has 378 valence electrons. The minimum Gasteiger partial charge on any atom is -0.756 e. The molecular weight excluding hydrogens is 820 g/mol. The van der Waals surface area contributed by atoms with Crippen LogP contribution < -0.4 is 10.2 Å². The van der Waals surface area contributed by atoms with E-state index in [9.17, 15) is 24.5 Å². The SMILES string of the molecule is C/C=C/CC/C=C/CC/C=C/CCCC(O)C(O)C(COP(=O)([O-])OCC[N+](C)(C)C)NC(=O)CCCCCCCCCCCCCCCCCCCCCCCCCCCCCC. The number of rotatable bonds is 49. The fourth-order valence-electron chi connectivity index (χ4n) is 8.00. The molecule has 0 aliphatic carbocycles. The molecule has 64 heavy (non-hydrogen) atoms. The minimum atomic E-state index is -4.68. The third-order valence-electron chi connectivity index (χ3n) is 12.3. The zero-order valence-corrected chi connectivity index (χ0v) is 43.5. The predicted octanol–water partition coefficient (Wildman–Crippen LogP) is 14.2. The maximum Gasteiger partial charge on any atom is 0.268 e. The maximum atomic E-state index is 13.0. The van der Waals surface area contributed by atoms with E-state index in [4.69, 9.17) is 9.05 Å². The van der Waals surface area contributed by atoms with Crippen molar-refractivity contribution in [1.82, 2.24) is 5.32 Å². The first-order valence-corrected chi connectivity index (χ1v) is 28.3. The zero-order chi connectivity index (χ0) is 47.3. The van der Waals surface area contributed by atoms with Gasteiger partial charge in [0.05, 0.1) is 39.9 Å². The molecule has 0 aliphatic rings. The van der Waals surface area contributed by atoms with Gasteiger partial charge in [0.2, 0.25) is 5.91 Å². The van der Waals surface area contributed by atoms with Crippen molar-refractivity contribution in [3.8, 4) is 0 Å². The molecule has 3 N–H and O–H groups in total. The van der Waals surface area contributed by atoms with Crippen molar-refractivity contribution in [3.63, 3.8) is 0 Å². The molecule has 0 aliphatic heterocycles.